The number of carbonyl (C=O) groups is 3. The lowest BCUT2D eigenvalue weighted by Crippen LogP contribution is -2.43. The zero-order valence-corrected chi connectivity index (χ0v) is 16.1. The van der Waals surface area contributed by atoms with Crippen molar-refractivity contribution in [3.05, 3.63) is 57.3 Å². The van der Waals surface area contributed by atoms with Gasteiger partial charge in [0.15, 0.2) is 5.41 Å². The zero-order valence-electron chi connectivity index (χ0n) is 15.3. The largest absolute Gasteiger partial charge is 0.465 e. The van der Waals surface area contributed by atoms with E-state index in [-0.39, 0.29) is 19.0 Å². The van der Waals surface area contributed by atoms with Crippen LogP contribution in [0.2, 0.25) is 0 Å². The van der Waals surface area contributed by atoms with E-state index in [1.54, 1.807) is 44.2 Å². The van der Waals surface area contributed by atoms with Crippen LogP contribution in [0.4, 0.5) is 0 Å². The van der Waals surface area contributed by atoms with Crippen LogP contribution in [0.1, 0.15) is 46.4 Å². The van der Waals surface area contributed by atoms with Gasteiger partial charge in [0.25, 0.3) is 0 Å². The Morgan fingerprint density at radius 1 is 0.923 bits per heavy atom. The predicted octanol–water partition coefficient (Wildman–Crippen LogP) is 3.67. The Balaban J connectivity index is 2.36. The van der Waals surface area contributed by atoms with Gasteiger partial charge in [0.1, 0.15) is 0 Å². The Hall–Kier alpha value is -2.47. The van der Waals surface area contributed by atoms with Crippen molar-refractivity contribution in [1.82, 2.24) is 0 Å². The van der Waals surface area contributed by atoms with Crippen LogP contribution in [-0.2, 0) is 24.5 Å². The lowest BCUT2D eigenvalue weighted by Gasteiger charge is -2.25. The summed E-state index contributed by atoms with van der Waals surface area (Å²) in [6.07, 6.45) is 0. The molecule has 0 atom stereocenters. The van der Waals surface area contributed by atoms with E-state index in [4.69, 9.17) is 9.47 Å². The van der Waals surface area contributed by atoms with Gasteiger partial charge < -0.3 is 9.47 Å². The van der Waals surface area contributed by atoms with Crippen LogP contribution in [0.15, 0.2) is 36.4 Å². The minimum absolute atomic E-state index is 0.0939. The molecule has 0 unspecified atom stereocenters. The van der Waals surface area contributed by atoms with E-state index in [9.17, 15) is 14.4 Å². The topological polar surface area (TPSA) is 69.7 Å². The van der Waals surface area contributed by atoms with Crippen molar-refractivity contribution in [2.24, 2.45) is 0 Å². The molecule has 0 saturated heterocycles. The highest BCUT2D eigenvalue weighted by Gasteiger charge is 2.46. The van der Waals surface area contributed by atoms with Crippen LogP contribution in [0.5, 0.6) is 0 Å². The molecule has 0 saturated carbocycles. The smallest absolute Gasteiger partial charge is 0.327 e. The second-order valence-electron chi connectivity index (χ2n) is 5.88. The number of aryl methyl sites for hydroxylation is 1. The van der Waals surface area contributed by atoms with Gasteiger partial charge in [-0.3, -0.25) is 14.4 Å². The summed E-state index contributed by atoms with van der Waals surface area (Å²) >= 11 is 1.43. The Kier molecular flexibility index (Phi) is 6.32. The SMILES string of the molecule is CCOC(=O)C(C)(C(=O)OCC)c1ccc(C(=O)c2ccc(C)s2)cc1. The van der Waals surface area contributed by atoms with Crippen molar-refractivity contribution in [3.8, 4) is 0 Å². The molecule has 2 rings (SSSR count). The van der Waals surface area contributed by atoms with Crippen LogP contribution in [0, 0.1) is 6.92 Å². The van der Waals surface area contributed by atoms with Gasteiger partial charge in [-0.1, -0.05) is 24.3 Å². The molecule has 0 spiro atoms. The first kappa shape index (κ1) is 19.8. The van der Waals surface area contributed by atoms with E-state index >= 15 is 0 Å². The van der Waals surface area contributed by atoms with Gasteiger partial charge in [-0.2, -0.15) is 0 Å². The molecule has 138 valence electrons. The van der Waals surface area contributed by atoms with Crippen molar-refractivity contribution < 1.29 is 23.9 Å². The van der Waals surface area contributed by atoms with Crippen LogP contribution in [-0.4, -0.2) is 30.9 Å². The number of hydrogen-bond acceptors (Lipinski definition) is 6. The average molecular weight is 374 g/mol. The van der Waals surface area contributed by atoms with Gasteiger partial charge in [-0.15, -0.1) is 11.3 Å². The number of carbonyl (C=O) groups excluding carboxylic acids is 3. The highest BCUT2D eigenvalue weighted by molar-refractivity contribution is 7.14. The van der Waals surface area contributed by atoms with Gasteiger partial charge in [0, 0.05) is 10.4 Å². The first-order valence-corrected chi connectivity index (χ1v) is 9.22. The van der Waals surface area contributed by atoms with Crippen LogP contribution in [0.25, 0.3) is 0 Å². The molecule has 0 N–H and O–H groups in total. The van der Waals surface area contributed by atoms with E-state index < -0.39 is 17.4 Å². The molecule has 1 heterocycles. The Bertz CT molecular complexity index is 786. The molecule has 0 fully saturated rings. The number of rotatable bonds is 7. The Morgan fingerprint density at radius 2 is 1.46 bits per heavy atom. The maximum atomic E-state index is 12.5. The van der Waals surface area contributed by atoms with Crippen molar-refractivity contribution in [1.29, 1.82) is 0 Å². The number of benzene rings is 1. The van der Waals surface area contributed by atoms with Crippen molar-refractivity contribution in [2.45, 2.75) is 33.1 Å². The summed E-state index contributed by atoms with van der Waals surface area (Å²) in [5, 5.41) is 0. The van der Waals surface area contributed by atoms with E-state index in [0.717, 1.165) is 4.88 Å². The summed E-state index contributed by atoms with van der Waals surface area (Å²) in [6.45, 7) is 7.07. The molecule has 6 heteroatoms. The third-order valence-corrected chi connectivity index (χ3v) is 5.06. The van der Waals surface area contributed by atoms with Crippen LogP contribution in [0.3, 0.4) is 0 Å². The third kappa shape index (κ3) is 3.85. The summed E-state index contributed by atoms with van der Waals surface area (Å²) in [7, 11) is 0. The van der Waals surface area contributed by atoms with Crippen LogP contribution >= 0.6 is 11.3 Å². The lowest BCUT2D eigenvalue weighted by atomic mass is 9.82. The lowest BCUT2D eigenvalue weighted by molar-refractivity contribution is -0.163. The monoisotopic (exact) mass is 374 g/mol. The summed E-state index contributed by atoms with van der Waals surface area (Å²) in [6, 6.07) is 10.1. The number of esters is 2. The molecule has 0 aliphatic rings. The molecule has 26 heavy (non-hydrogen) atoms. The standard InChI is InChI=1S/C20H22O5S/c1-5-24-18(22)20(4,19(23)25-6-2)15-10-8-14(9-11-15)17(21)16-12-7-13(3)26-16/h7-12H,5-6H2,1-4H3. The average Bonchev–Trinajstić information content (AvgIpc) is 3.07. The molecule has 0 amide bonds. The van der Waals surface area contributed by atoms with E-state index in [0.29, 0.717) is 16.0 Å². The van der Waals surface area contributed by atoms with E-state index in [1.165, 1.54) is 18.3 Å². The van der Waals surface area contributed by atoms with Crippen molar-refractivity contribution >= 4 is 29.1 Å². The summed E-state index contributed by atoms with van der Waals surface area (Å²) in [4.78, 5) is 39.1. The quantitative estimate of drug-likeness (QED) is 0.420. The summed E-state index contributed by atoms with van der Waals surface area (Å²) in [5.41, 5.74) is -0.661. The molecule has 2 aromatic rings. The molecule has 1 aromatic carbocycles. The first-order chi connectivity index (χ1) is 12.3. The molecule has 5 nitrogen and oxygen atoms in total. The molecule has 0 radical (unpaired) electrons. The van der Waals surface area contributed by atoms with Gasteiger partial charge in [-0.05, 0) is 45.4 Å². The van der Waals surface area contributed by atoms with Gasteiger partial charge in [0.05, 0.1) is 18.1 Å². The van der Waals surface area contributed by atoms with Gasteiger partial charge in [0.2, 0.25) is 5.78 Å². The number of hydrogen-bond donors (Lipinski definition) is 0. The maximum absolute atomic E-state index is 12.5. The summed E-state index contributed by atoms with van der Waals surface area (Å²) < 4.78 is 10.1. The van der Waals surface area contributed by atoms with Gasteiger partial charge >= 0.3 is 11.9 Å². The number of thiophene rings is 1. The molecular weight excluding hydrogens is 352 g/mol. The summed E-state index contributed by atoms with van der Waals surface area (Å²) in [5.74, 6) is -1.44. The Labute approximate surface area is 156 Å². The maximum Gasteiger partial charge on any atom is 0.327 e. The van der Waals surface area contributed by atoms with Crippen molar-refractivity contribution in [3.63, 3.8) is 0 Å². The predicted molar refractivity (Wildman–Crippen MR) is 99.5 cm³/mol. The highest BCUT2D eigenvalue weighted by atomic mass is 32.1. The van der Waals surface area contributed by atoms with Crippen LogP contribution < -0.4 is 0 Å². The minimum Gasteiger partial charge on any atom is -0.465 e. The third-order valence-electron chi connectivity index (χ3n) is 4.06. The second kappa shape index (κ2) is 8.27. The molecule has 1 aromatic heterocycles. The molecule has 0 aliphatic heterocycles. The minimum atomic E-state index is -1.58. The fraction of sp³-hybridized carbons (Fsp3) is 0.350. The zero-order chi connectivity index (χ0) is 19.3. The molecular formula is C20H22O5S. The van der Waals surface area contributed by atoms with Crippen molar-refractivity contribution in [2.75, 3.05) is 13.2 Å². The highest BCUT2D eigenvalue weighted by Crippen LogP contribution is 2.29. The normalized spacial score (nSPS) is 11.1. The second-order valence-corrected chi connectivity index (χ2v) is 7.17. The molecule has 0 bridgehead atoms. The first-order valence-electron chi connectivity index (χ1n) is 8.40. The fourth-order valence-electron chi connectivity index (χ4n) is 2.52. The fourth-order valence-corrected chi connectivity index (χ4v) is 3.35. The van der Waals surface area contributed by atoms with Gasteiger partial charge in [-0.25, -0.2) is 0 Å². The Morgan fingerprint density at radius 3 is 1.88 bits per heavy atom. The number of ether oxygens (including phenoxy) is 2. The van der Waals surface area contributed by atoms with E-state index in [2.05, 4.69) is 0 Å². The molecule has 0 aliphatic carbocycles. The number of ketones is 1. The van der Waals surface area contributed by atoms with E-state index in [1.807, 2.05) is 13.0 Å².